The van der Waals surface area contributed by atoms with E-state index in [1.54, 1.807) is 11.3 Å². The molecule has 37 heavy (non-hydrogen) atoms. The predicted octanol–water partition coefficient (Wildman–Crippen LogP) is 2.14. The number of rotatable bonds is 5. The second-order valence-corrected chi connectivity index (χ2v) is 11.3. The van der Waals surface area contributed by atoms with Crippen molar-refractivity contribution in [2.75, 3.05) is 57.4 Å². The summed E-state index contributed by atoms with van der Waals surface area (Å²) in [5, 5.41) is 2.96. The summed E-state index contributed by atoms with van der Waals surface area (Å²) in [6, 6.07) is 10.4. The average molecular weight is 519 g/mol. The van der Waals surface area contributed by atoms with E-state index in [1.807, 2.05) is 32.0 Å². The lowest BCUT2D eigenvalue weighted by molar-refractivity contribution is -0.114. The van der Waals surface area contributed by atoms with E-state index >= 15 is 0 Å². The van der Waals surface area contributed by atoms with E-state index in [4.69, 9.17) is 19.7 Å². The van der Waals surface area contributed by atoms with Crippen molar-refractivity contribution in [2.45, 2.75) is 26.1 Å². The number of nitrogens with one attached hydrogen (secondary N) is 1. The molecule has 3 aliphatic heterocycles. The van der Waals surface area contributed by atoms with Gasteiger partial charge < -0.3 is 15.0 Å². The standard InChI is InChI=1S/C26H30N8O2S/c1-17-27-19-5-3-4-6-21(19)34(17)25-28-20-15-18(37-22(20)23(29-25)32-11-13-36-14-12-32)16-31-7-9-33(10-8-31)26(2)24(35)30-26/h3-6,15H,7-14,16H2,1-2H3,(H,30,35). The lowest BCUT2D eigenvalue weighted by Gasteiger charge is -2.36. The van der Waals surface area contributed by atoms with Crippen molar-refractivity contribution in [3.8, 4) is 5.95 Å². The number of benzene rings is 1. The lowest BCUT2D eigenvalue weighted by Crippen LogP contribution is -2.52. The number of amides is 1. The molecule has 192 valence electrons. The van der Waals surface area contributed by atoms with Gasteiger partial charge in [-0.25, -0.2) is 9.97 Å². The largest absolute Gasteiger partial charge is 0.378 e. The van der Waals surface area contributed by atoms with E-state index in [2.05, 4.69) is 36.7 Å². The second-order valence-electron chi connectivity index (χ2n) is 10.1. The van der Waals surface area contributed by atoms with E-state index in [-0.39, 0.29) is 5.91 Å². The van der Waals surface area contributed by atoms with E-state index < -0.39 is 5.66 Å². The minimum Gasteiger partial charge on any atom is -0.378 e. The van der Waals surface area contributed by atoms with Crippen molar-refractivity contribution in [3.63, 3.8) is 0 Å². The number of imidazole rings is 1. The Labute approximate surface area is 218 Å². The number of ether oxygens (including phenoxy) is 1. The van der Waals surface area contributed by atoms with Gasteiger partial charge in [0, 0.05) is 50.7 Å². The highest BCUT2D eigenvalue weighted by atomic mass is 32.1. The summed E-state index contributed by atoms with van der Waals surface area (Å²) in [5.41, 5.74) is 2.48. The molecule has 0 saturated carbocycles. The van der Waals surface area contributed by atoms with Crippen LogP contribution in [0.4, 0.5) is 5.82 Å². The van der Waals surface area contributed by atoms with Crippen LogP contribution in [0, 0.1) is 6.92 Å². The van der Waals surface area contributed by atoms with Crippen LogP contribution in [0.2, 0.25) is 0 Å². The summed E-state index contributed by atoms with van der Waals surface area (Å²) in [5.74, 6) is 2.65. The van der Waals surface area contributed by atoms with Crippen molar-refractivity contribution >= 4 is 44.3 Å². The molecule has 1 unspecified atom stereocenters. The van der Waals surface area contributed by atoms with Crippen LogP contribution < -0.4 is 10.2 Å². The minimum absolute atomic E-state index is 0.136. The zero-order chi connectivity index (χ0) is 25.1. The first-order valence-corrected chi connectivity index (χ1v) is 13.7. The number of hydrogen-bond acceptors (Lipinski definition) is 9. The molecular formula is C26H30N8O2S. The van der Waals surface area contributed by atoms with Gasteiger partial charge in [0.15, 0.2) is 11.5 Å². The molecule has 10 nitrogen and oxygen atoms in total. The summed E-state index contributed by atoms with van der Waals surface area (Å²) in [6.45, 7) is 11.5. The van der Waals surface area contributed by atoms with Gasteiger partial charge in [-0.1, -0.05) is 12.1 Å². The van der Waals surface area contributed by atoms with Crippen LogP contribution in [0.15, 0.2) is 30.3 Å². The highest BCUT2D eigenvalue weighted by molar-refractivity contribution is 7.19. The highest BCUT2D eigenvalue weighted by Gasteiger charge is 2.54. The van der Waals surface area contributed by atoms with Gasteiger partial charge >= 0.3 is 0 Å². The molecule has 0 radical (unpaired) electrons. The Bertz CT molecular complexity index is 1500. The number of fused-ring (bicyclic) bond motifs is 2. The van der Waals surface area contributed by atoms with Crippen LogP contribution in [0.25, 0.3) is 27.2 Å². The first-order chi connectivity index (χ1) is 18.0. The Kier molecular flexibility index (Phi) is 5.43. The van der Waals surface area contributed by atoms with Gasteiger partial charge in [-0.05, 0) is 32.0 Å². The van der Waals surface area contributed by atoms with Gasteiger partial charge in [-0.2, -0.15) is 4.98 Å². The fourth-order valence-electron chi connectivity index (χ4n) is 5.50. The summed E-state index contributed by atoms with van der Waals surface area (Å²) < 4.78 is 8.81. The number of para-hydroxylation sites is 2. The zero-order valence-corrected chi connectivity index (χ0v) is 21.9. The molecule has 11 heteroatoms. The molecule has 3 aliphatic rings. The molecule has 3 saturated heterocycles. The SMILES string of the molecule is Cc1nc2ccccc2n1-c1nc(N2CCOCC2)c2sc(CN3CCN(C4(C)NC4=O)CC3)cc2n1. The molecule has 0 bridgehead atoms. The Hall–Kier alpha value is -3.12. The molecule has 4 aromatic rings. The van der Waals surface area contributed by atoms with Crippen molar-refractivity contribution in [1.82, 2.24) is 34.6 Å². The van der Waals surface area contributed by atoms with Crippen molar-refractivity contribution in [2.24, 2.45) is 0 Å². The second kappa shape index (κ2) is 8.73. The molecule has 0 spiro atoms. The minimum atomic E-state index is -0.446. The number of nitrogens with zero attached hydrogens (tertiary/aromatic N) is 7. The van der Waals surface area contributed by atoms with E-state index in [0.29, 0.717) is 19.2 Å². The fraction of sp³-hybridized carbons (Fsp3) is 0.462. The van der Waals surface area contributed by atoms with Crippen molar-refractivity contribution < 1.29 is 9.53 Å². The summed E-state index contributed by atoms with van der Waals surface area (Å²) in [7, 11) is 0. The van der Waals surface area contributed by atoms with Crippen LogP contribution in [-0.4, -0.2) is 93.4 Å². The van der Waals surface area contributed by atoms with Gasteiger partial charge in [-0.3, -0.25) is 19.2 Å². The van der Waals surface area contributed by atoms with Crippen LogP contribution in [0.5, 0.6) is 0 Å². The van der Waals surface area contributed by atoms with Gasteiger partial charge in [-0.15, -0.1) is 11.3 Å². The number of carbonyl (C=O) groups excluding carboxylic acids is 1. The summed E-state index contributed by atoms with van der Waals surface area (Å²) in [6.07, 6.45) is 0. The van der Waals surface area contributed by atoms with Gasteiger partial charge in [0.1, 0.15) is 5.82 Å². The topological polar surface area (TPSA) is 102 Å². The average Bonchev–Trinajstić information content (AvgIpc) is 3.21. The Morgan fingerprint density at radius 1 is 1.03 bits per heavy atom. The highest BCUT2D eigenvalue weighted by Crippen LogP contribution is 2.35. The molecule has 3 aromatic heterocycles. The first kappa shape index (κ1) is 23.0. The molecule has 7 rings (SSSR count). The molecule has 1 atom stereocenters. The Morgan fingerprint density at radius 3 is 2.54 bits per heavy atom. The lowest BCUT2D eigenvalue weighted by atomic mass is 10.2. The quantitative estimate of drug-likeness (QED) is 0.401. The van der Waals surface area contributed by atoms with Crippen LogP contribution in [0.1, 0.15) is 17.6 Å². The number of aryl methyl sites for hydroxylation is 1. The third-order valence-corrected chi connectivity index (χ3v) is 8.86. The zero-order valence-electron chi connectivity index (χ0n) is 21.1. The Balaban J connectivity index is 1.22. The number of aromatic nitrogens is 4. The summed E-state index contributed by atoms with van der Waals surface area (Å²) >= 11 is 1.79. The molecule has 1 N–H and O–H groups in total. The monoisotopic (exact) mass is 518 g/mol. The van der Waals surface area contributed by atoms with Gasteiger partial charge in [0.2, 0.25) is 5.95 Å². The fourth-order valence-corrected chi connectivity index (χ4v) is 6.66. The van der Waals surface area contributed by atoms with Crippen LogP contribution >= 0.6 is 11.3 Å². The van der Waals surface area contributed by atoms with Gasteiger partial charge in [0.05, 0.1) is 34.5 Å². The number of piperazine rings is 1. The van der Waals surface area contributed by atoms with Gasteiger partial charge in [0.25, 0.3) is 5.91 Å². The van der Waals surface area contributed by atoms with E-state index in [0.717, 1.165) is 78.7 Å². The third-order valence-electron chi connectivity index (χ3n) is 7.75. The normalized spacial score (nSPS) is 23.2. The molecule has 6 heterocycles. The smallest absolute Gasteiger partial charge is 0.262 e. The Morgan fingerprint density at radius 2 is 1.78 bits per heavy atom. The molecular weight excluding hydrogens is 488 g/mol. The predicted molar refractivity (Wildman–Crippen MR) is 143 cm³/mol. The molecule has 0 aliphatic carbocycles. The van der Waals surface area contributed by atoms with Crippen molar-refractivity contribution in [1.29, 1.82) is 0 Å². The number of hydrogen-bond donors (Lipinski definition) is 1. The molecule has 1 amide bonds. The first-order valence-electron chi connectivity index (χ1n) is 12.9. The van der Waals surface area contributed by atoms with E-state index in [1.165, 1.54) is 4.88 Å². The number of thiophene rings is 1. The number of anilines is 1. The third kappa shape index (κ3) is 3.97. The van der Waals surface area contributed by atoms with Crippen LogP contribution in [0.3, 0.4) is 0 Å². The van der Waals surface area contributed by atoms with E-state index in [9.17, 15) is 4.79 Å². The number of morpholine rings is 1. The van der Waals surface area contributed by atoms with Crippen LogP contribution in [-0.2, 0) is 16.1 Å². The summed E-state index contributed by atoms with van der Waals surface area (Å²) in [4.78, 5) is 35.0. The maximum absolute atomic E-state index is 11.8. The molecule has 3 fully saturated rings. The maximum atomic E-state index is 11.8. The maximum Gasteiger partial charge on any atom is 0.262 e. The molecule has 1 aromatic carbocycles. The van der Waals surface area contributed by atoms with Crippen molar-refractivity contribution in [3.05, 3.63) is 41.0 Å². The number of carbonyl (C=O) groups is 1.